The van der Waals surface area contributed by atoms with E-state index < -0.39 is 5.82 Å². The van der Waals surface area contributed by atoms with Gasteiger partial charge in [-0.1, -0.05) is 6.92 Å². The van der Waals surface area contributed by atoms with Crippen LogP contribution in [0.4, 0.5) is 4.39 Å². The van der Waals surface area contributed by atoms with Crippen LogP contribution in [0.25, 0.3) is 11.3 Å². The second-order valence-electron chi connectivity index (χ2n) is 7.44. The highest BCUT2D eigenvalue weighted by Gasteiger charge is 2.17. The molecule has 0 bridgehead atoms. The predicted molar refractivity (Wildman–Crippen MR) is 131 cm³/mol. The van der Waals surface area contributed by atoms with E-state index in [1.807, 2.05) is 6.92 Å². The molecule has 0 aliphatic carbocycles. The van der Waals surface area contributed by atoms with Crippen molar-refractivity contribution in [3.63, 3.8) is 0 Å². The standard InChI is InChI=1S/C26H25BrFNO5/c1-4-13-34-23-11-6-16(15-25(23)33-3)21(30)9-10-22(31)20-8-12-24(32-2)26(29-20)17-5-7-19(28)18(27)14-17/h5-8,11-12,14-15H,4,9-10,13H2,1-3H3. The van der Waals surface area contributed by atoms with Gasteiger partial charge in [0.05, 0.1) is 25.3 Å². The smallest absolute Gasteiger partial charge is 0.181 e. The molecule has 0 spiro atoms. The van der Waals surface area contributed by atoms with Gasteiger partial charge in [0.2, 0.25) is 0 Å². The number of hydrogen-bond acceptors (Lipinski definition) is 6. The number of hydrogen-bond donors (Lipinski definition) is 0. The largest absolute Gasteiger partial charge is 0.494 e. The first kappa shape index (κ1) is 25.4. The van der Waals surface area contributed by atoms with Crippen LogP contribution in [0.1, 0.15) is 47.0 Å². The van der Waals surface area contributed by atoms with E-state index in [0.717, 1.165) is 6.42 Å². The van der Waals surface area contributed by atoms with Gasteiger partial charge in [-0.15, -0.1) is 0 Å². The molecule has 0 unspecified atom stereocenters. The normalized spacial score (nSPS) is 10.6. The Bertz CT molecular complexity index is 1200. The van der Waals surface area contributed by atoms with Crippen molar-refractivity contribution in [2.45, 2.75) is 26.2 Å². The Kier molecular flexibility index (Phi) is 8.76. The number of carbonyl (C=O) groups is 2. The summed E-state index contributed by atoms with van der Waals surface area (Å²) in [6, 6.07) is 12.6. The van der Waals surface area contributed by atoms with Gasteiger partial charge in [0.25, 0.3) is 0 Å². The number of ketones is 2. The first-order valence-electron chi connectivity index (χ1n) is 10.8. The Morgan fingerprint density at radius 1 is 0.912 bits per heavy atom. The van der Waals surface area contributed by atoms with E-state index in [-0.39, 0.29) is 34.6 Å². The monoisotopic (exact) mass is 529 g/mol. The molecule has 0 N–H and O–H groups in total. The van der Waals surface area contributed by atoms with E-state index in [4.69, 9.17) is 14.2 Å². The second kappa shape index (κ2) is 11.7. The van der Waals surface area contributed by atoms with Crippen LogP contribution in [0, 0.1) is 5.82 Å². The highest BCUT2D eigenvalue weighted by Crippen LogP contribution is 2.32. The van der Waals surface area contributed by atoms with Gasteiger partial charge in [-0.3, -0.25) is 9.59 Å². The molecule has 0 radical (unpaired) electrons. The fourth-order valence-electron chi connectivity index (χ4n) is 3.29. The number of rotatable bonds is 11. The predicted octanol–water partition coefficient (Wildman–Crippen LogP) is 6.30. The van der Waals surface area contributed by atoms with Crippen molar-refractivity contribution in [1.29, 1.82) is 0 Å². The molecule has 1 aromatic heterocycles. The zero-order valence-electron chi connectivity index (χ0n) is 19.2. The zero-order chi connectivity index (χ0) is 24.7. The Labute approximate surface area is 206 Å². The van der Waals surface area contributed by atoms with Crippen molar-refractivity contribution < 1.29 is 28.2 Å². The minimum absolute atomic E-state index is 0.0128. The highest BCUT2D eigenvalue weighted by molar-refractivity contribution is 9.10. The lowest BCUT2D eigenvalue weighted by Crippen LogP contribution is -2.08. The van der Waals surface area contributed by atoms with Crippen molar-refractivity contribution in [3.8, 4) is 28.5 Å². The molecule has 0 saturated heterocycles. The summed E-state index contributed by atoms with van der Waals surface area (Å²) in [4.78, 5) is 30.0. The van der Waals surface area contributed by atoms with Crippen LogP contribution in [-0.2, 0) is 0 Å². The van der Waals surface area contributed by atoms with Gasteiger partial charge in [-0.2, -0.15) is 0 Å². The van der Waals surface area contributed by atoms with Gasteiger partial charge < -0.3 is 14.2 Å². The maximum absolute atomic E-state index is 13.6. The third-order valence-electron chi connectivity index (χ3n) is 5.08. The van der Waals surface area contributed by atoms with E-state index in [1.165, 1.54) is 20.3 Å². The van der Waals surface area contributed by atoms with Gasteiger partial charge >= 0.3 is 0 Å². The fourth-order valence-corrected chi connectivity index (χ4v) is 3.67. The Balaban J connectivity index is 1.74. The number of carbonyl (C=O) groups excluding carboxylic acids is 2. The van der Waals surface area contributed by atoms with Crippen LogP contribution in [-0.4, -0.2) is 37.4 Å². The minimum atomic E-state index is -0.407. The van der Waals surface area contributed by atoms with E-state index >= 15 is 0 Å². The summed E-state index contributed by atoms with van der Waals surface area (Å²) in [6.45, 7) is 2.55. The lowest BCUT2D eigenvalue weighted by atomic mass is 10.0. The van der Waals surface area contributed by atoms with Crippen LogP contribution in [0.5, 0.6) is 17.2 Å². The molecule has 0 amide bonds. The molecule has 0 aliphatic heterocycles. The molecular formula is C26H25BrFNO5. The average molecular weight is 530 g/mol. The molecule has 34 heavy (non-hydrogen) atoms. The van der Waals surface area contributed by atoms with E-state index in [2.05, 4.69) is 20.9 Å². The third kappa shape index (κ3) is 5.99. The van der Waals surface area contributed by atoms with Crippen LogP contribution >= 0.6 is 15.9 Å². The van der Waals surface area contributed by atoms with E-state index in [9.17, 15) is 14.0 Å². The van der Waals surface area contributed by atoms with E-state index in [0.29, 0.717) is 40.7 Å². The Morgan fingerprint density at radius 2 is 1.62 bits per heavy atom. The van der Waals surface area contributed by atoms with Crippen molar-refractivity contribution in [1.82, 2.24) is 4.98 Å². The van der Waals surface area contributed by atoms with Gasteiger partial charge in [0, 0.05) is 24.0 Å². The molecule has 2 aromatic carbocycles. The van der Waals surface area contributed by atoms with Crippen molar-refractivity contribution in [2.24, 2.45) is 0 Å². The van der Waals surface area contributed by atoms with Crippen LogP contribution in [0.15, 0.2) is 53.0 Å². The van der Waals surface area contributed by atoms with Gasteiger partial charge in [0.1, 0.15) is 23.0 Å². The molecule has 6 nitrogen and oxygen atoms in total. The summed E-state index contributed by atoms with van der Waals surface area (Å²) in [5.41, 5.74) is 1.64. The Hall–Kier alpha value is -3.26. The van der Waals surface area contributed by atoms with E-state index in [1.54, 1.807) is 42.5 Å². The summed E-state index contributed by atoms with van der Waals surface area (Å²) in [6.07, 6.45) is 0.856. The zero-order valence-corrected chi connectivity index (χ0v) is 20.8. The maximum Gasteiger partial charge on any atom is 0.181 e. The number of aromatic nitrogens is 1. The van der Waals surface area contributed by atoms with Crippen LogP contribution in [0.3, 0.4) is 0 Å². The molecule has 3 rings (SSSR count). The molecule has 0 fully saturated rings. The summed E-state index contributed by atoms with van der Waals surface area (Å²) in [5, 5.41) is 0. The summed E-state index contributed by atoms with van der Waals surface area (Å²) in [5.74, 6) is 0.605. The van der Waals surface area contributed by atoms with Gasteiger partial charge in [0.15, 0.2) is 23.1 Å². The number of halogens is 2. The van der Waals surface area contributed by atoms with Crippen molar-refractivity contribution >= 4 is 27.5 Å². The molecule has 0 atom stereocenters. The van der Waals surface area contributed by atoms with Gasteiger partial charge in [-0.25, -0.2) is 9.37 Å². The maximum atomic E-state index is 13.6. The van der Waals surface area contributed by atoms with Crippen molar-refractivity contribution in [2.75, 3.05) is 20.8 Å². The second-order valence-corrected chi connectivity index (χ2v) is 8.29. The van der Waals surface area contributed by atoms with Crippen LogP contribution in [0.2, 0.25) is 0 Å². The average Bonchev–Trinajstić information content (AvgIpc) is 2.86. The summed E-state index contributed by atoms with van der Waals surface area (Å²) >= 11 is 3.16. The number of nitrogens with zero attached hydrogens (tertiary/aromatic N) is 1. The lowest BCUT2D eigenvalue weighted by molar-refractivity contribution is 0.0915. The SMILES string of the molecule is CCCOc1ccc(C(=O)CCC(=O)c2ccc(OC)c(-c3ccc(F)c(Br)c3)n2)cc1OC. The molecule has 0 aliphatic rings. The number of methoxy groups -OCH3 is 2. The molecular weight excluding hydrogens is 505 g/mol. The van der Waals surface area contributed by atoms with Gasteiger partial charge in [-0.05, 0) is 70.9 Å². The number of ether oxygens (including phenoxy) is 3. The number of pyridine rings is 1. The fraction of sp³-hybridized carbons (Fsp3) is 0.269. The molecule has 178 valence electrons. The number of benzene rings is 2. The topological polar surface area (TPSA) is 74.7 Å². The summed E-state index contributed by atoms with van der Waals surface area (Å²) in [7, 11) is 3.00. The first-order chi connectivity index (χ1) is 16.4. The highest BCUT2D eigenvalue weighted by atomic mass is 79.9. The van der Waals surface area contributed by atoms with Crippen molar-refractivity contribution in [3.05, 3.63) is 70.1 Å². The Morgan fingerprint density at radius 3 is 2.29 bits per heavy atom. The molecule has 0 saturated carbocycles. The summed E-state index contributed by atoms with van der Waals surface area (Å²) < 4.78 is 30.2. The first-order valence-corrected chi connectivity index (χ1v) is 11.5. The molecule has 3 aromatic rings. The molecule has 1 heterocycles. The molecule has 8 heteroatoms. The van der Waals surface area contributed by atoms with Crippen LogP contribution < -0.4 is 14.2 Å². The quantitative estimate of drug-likeness (QED) is 0.271. The minimum Gasteiger partial charge on any atom is -0.494 e. The third-order valence-corrected chi connectivity index (χ3v) is 5.69. The lowest BCUT2D eigenvalue weighted by Gasteiger charge is -2.12. The number of Topliss-reactive ketones (excluding diaryl/α,β-unsaturated/α-hetero) is 2.